The lowest BCUT2D eigenvalue weighted by atomic mass is 10.2. The highest BCUT2D eigenvalue weighted by molar-refractivity contribution is 8.00. The molecule has 10 heteroatoms. The second-order valence-electron chi connectivity index (χ2n) is 5.87. The van der Waals surface area contributed by atoms with Crippen molar-refractivity contribution >= 4 is 46.5 Å². The molecule has 0 radical (unpaired) electrons. The quantitative estimate of drug-likeness (QED) is 0.369. The summed E-state index contributed by atoms with van der Waals surface area (Å²) in [7, 11) is 0. The molecule has 4 N–H and O–H groups in total. The zero-order chi connectivity index (χ0) is 20.8. The lowest BCUT2D eigenvalue weighted by molar-refractivity contribution is -0.387. The number of nitro groups is 1. The van der Waals surface area contributed by atoms with Gasteiger partial charge in [0.05, 0.1) is 26.9 Å². The van der Waals surface area contributed by atoms with Crippen molar-refractivity contribution in [3.8, 4) is 0 Å². The molecule has 0 spiro atoms. The van der Waals surface area contributed by atoms with Crippen LogP contribution in [0.4, 0.5) is 17.1 Å². The molecule has 9 nitrogen and oxygen atoms in total. The van der Waals surface area contributed by atoms with E-state index in [1.165, 1.54) is 19.1 Å². The van der Waals surface area contributed by atoms with E-state index in [9.17, 15) is 24.5 Å². The van der Waals surface area contributed by atoms with E-state index >= 15 is 0 Å². The number of carbonyl (C=O) groups excluding carboxylic acids is 3. The minimum Gasteiger partial charge on any atom is -0.366 e. The third-order valence-corrected chi connectivity index (χ3v) is 4.62. The van der Waals surface area contributed by atoms with Gasteiger partial charge in [-0.25, -0.2) is 0 Å². The number of nitrogens with one attached hydrogen (secondary N) is 2. The summed E-state index contributed by atoms with van der Waals surface area (Å²) in [6.07, 6.45) is 0. The summed E-state index contributed by atoms with van der Waals surface area (Å²) >= 11 is 0.954. The molecule has 0 saturated carbocycles. The minimum absolute atomic E-state index is 0.0141. The molecule has 0 aliphatic heterocycles. The standard InChI is InChI=1S/C18H18N4O5S/c1-10-3-5-13(20-11(2)23)14(7-10)21-17(24)9-28-16-6-4-12(18(19)25)8-15(16)22(26)27/h3-8H,9H2,1-2H3,(H2,19,25)(H,20,23)(H,21,24). The fraction of sp³-hybridized carbons (Fsp3) is 0.167. The molecule has 0 aromatic heterocycles. The molecule has 0 saturated heterocycles. The molecular formula is C18H18N4O5S. The highest BCUT2D eigenvalue weighted by Crippen LogP contribution is 2.30. The predicted octanol–water partition coefficient (Wildman–Crippen LogP) is 2.69. The number of nitrogens with two attached hydrogens (primary N) is 1. The Morgan fingerprint density at radius 3 is 2.43 bits per heavy atom. The first-order chi connectivity index (χ1) is 13.2. The summed E-state index contributed by atoms with van der Waals surface area (Å²) < 4.78 is 0. The first-order valence-electron chi connectivity index (χ1n) is 8.06. The van der Waals surface area contributed by atoms with Gasteiger partial charge in [0.1, 0.15) is 0 Å². The van der Waals surface area contributed by atoms with Crippen molar-refractivity contribution < 1.29 is 19.3 Å². The predicted molar refractivity (Wildman–Crippen MR) is 106 cm³/mol. The number of rotatable bonds is 7. The normalized spacial score (nSPS) is 10.2. The Balaban J connectivity index is 2.13. The molecule has 2 aromatic carbocycles. The lowest BCUT2D eigenvalue weighted by Crippen LogP contribution is -2.17. The van der Waals surface area contributed by atoms with E-state index in [1.54, 1.807) is 18.2 Å². The molecule has 0 heterocycles. The first kappa shape index (κ1) is 20.9. The molecule has 2 aromatic rings. The van der Waals surface area contributed by atoms with E-state index < -0.39 is 16.7 Å². The molecule has 0 fully saturated rings. The van der Waals surface area contributed by atoms with Crippen LogP contribution in [0.15, 0.2) is 41.3 Å². The number of primary amides is 1. The van der Waals surface area contributed by atoms with E-state index in [2.05, 4.69) is 10.6 Å². The Morgan fingerprint density at radius 1 is 1.11 bits per heavy atom. The van der Waals surface area contributed by atoms with Crippen molar-refractivity contribution in [3.05, 3.63) is 57.6 Å². The maximum Gasteiger partial charge on any atom is 0.283 e. The van der Waals surface area contributed by atoms with Crippen LogP contribution < -0.4 is 16.4 Å². The van der Waals surface area contributed by atoms with E-state index in [1.807, 2.05) is 6.92 Å². The molecule has 0 aliphatic carbocycles. The van der Waals surface area contributed by atoms with Crippen LogP contribution in [0, 0.1) is 17.0 Å². The fourth-order valence-corrected chi connectivity index (χ4v) is 3.13. The van der Waals surface area contributed by atoms with Gasteiger partial charge in [0, 0.05) is 18.6 Å². The van der Waals surface area contributed by atoms with Crippen LogP contribution in [0.2, 0.25) is 0 Å². The van der Waals surface area contributed by atoms with Crippen molar-refractivity contribution in [1.82, 2.24) is 0 Å². The van der Waals surface area contributed by atoms with Gasteiger partial charge < -0.3 is 16.4 Å². The number of nitro benzene ring substituents is 1. The second kappa shape index (κ2) is 9.00. The van der Waals surface area contributed by atoms with Crippen LogP contribution >= 0.6 is 11.8 Å². The zero-order valence-corrected chi connectivity index (χ0v) is 16.0. The number of carbonyl (C=O) groups is 3. The van der Waals surface area contributed by atoms with Gasteiger partial charge in [0.25, 0.3) is 5.69 Å². The average molecular weight is 402 g/mol. The smallest absolute Gasteiger partial charge is 0.283 e. The van der Waals surface area contributed by atoms with Crippen LogP contribution in [0.25, 0.3) is 0 Å². The number of nitrogens with zero attached hydrogens (tertiary/aromatic N) is 1. The fourth-order valence-electron chi connectivity index (χ4n) is 2.33. The van der Waals surface area contributed by atoms with E-state index in [4.69, 9.17) is 5.73 Å². The Morgan fingerprint density at radius 2 is 1.82 bits per heavy atom. The van der Waals surface area contributed by atoms with Crippen LogP contribution in [0.1, 0.15) is 22.8 Å². The molecule has 0 unspecified atom stereocenters. The Kier molecular flexibility index (Phi) is 6.72. The minimum atomic E-state index is -0.776. The van der Waals surface area contributed by atoms with Crippen molar-refractivity contribution in [3.63, 3.8) is 0 Å². The Hall–Kier alpha value is -3.40. The number of thioether (sulfide) groups is 1. The maximum atomic E-state index is 12.3. The highest BCUT2D eigenvalue weighted by atomic mass is 32.2. The molecule has 2 rings (SSSR count). The zero-order valence-electron chi connectivity index (χ0n) is 15.1. The molecule has 146 valence electrons. The van der Waals surface area contributed by atoms with E-state index in [0.717, 1.165) is 23.4 Å². The highest BCUT2D eigenvalue weighted by Gasteiger charge is 2.18. The summed E-state index contributed by atoms with van der Waals surface area (Å²) in [5, 5.41) is 16.5. The van der Waals surface area contributed by atoms with Gasteiger partial charge >= 0.3 is 0 Å². The molecule has 0 aliphatic rings. The molecular weight excluding hydrogens is 384 g/mol. The van der Waals surface area contributed by atoms with Crippen LogP contribution in [0.5, 0.6) is 0 Å². The van der Waals surface area contributed by atoms with Gasteiger partial charge in [-0.05, 0) is 36.8 Å². The molecule has 0 atom stereocenters. The summed E-state index contributed by atoms with van der Waals surface area (Å²) in [4.78, 5) is 45.6. The van der Waals surface area contributed by atoms with Crippen LogP contribution in [-0.2, 0) is 9.59 Å². The van der Waals surface area contributed by atoms with Gasteiger partial charge in [0.15, 0.2) is 0 Å². The van der Waals surface area contributed by atoms with Gasteiger partial charge in [-0.15, -0.1) is 11.8 Å². The largest absolute Gasteiger partial charge is 0.366 e. The Bertz CT molecular complexity index is 961. The van der Waals surface area contributed by atoms with Crippen molar-refractivity contribution in [1.29, 1.82) is 0 Å². The molecule has 28 heavy (non-hydrogen) atoms. The molecule has 3 amide bonds. The van der Waals surface area contributed by atoms with Crippen molar-refractivity contribution in [2.75, 3.05) is 16.4 Å². The maximum absolute atomic E-state index is 12.3. The topological polar surface area (TPSA) is 144 Å². The van der Waals surface area contributed by atoms with Crippen LogP contribution in [0.3, 0.4) is 0 Å². The second-order valence-corrected chi connectivity index (χ2v) is 6.89. The number of hydrogen-bond acceptors (Lipinski definition) is 6. The van der Waals surface area contributed by atoms with Gasteiger partial charge in [0.2, 0.25) is 17.7 Å². The lowest BCUT2D eigenvalue weighted by Gasteiger charge is -2.12. The molecule has 0 bridgehead atoms. The first-order valence-corrected chi connectivity index (χ1v) is 9.05. The number of amides is 3. The average Bonchev–Trinajstić information content (AvgIpc) is 2.61. The number of anilines is 2. The van der Waals surface area contributed by atoms with Gasteiger partial charge in [-0.3, -0.25) is 24.5 Å². The van der Waals surface area contributed by atoms with Gasteiger partial charge in [-0.2, -0.15) is 0 Å². The monoisotopic (exact) mass is 402 g/mol. The van der Waals surface area contributed by atoms with Crippen molar-refractivity contribution in [2.24, 2.45) is 5.73 Å². The third-order valence-electron chi connectivity index (χ3n) is 3.56. The summed E-state index contributed by atoms with van der Waals surface area (Å²) in [6, 6.07) is 9.00. The Labute approximate surface area is 164 Å². The number of aryl methyl sites for hydroxylation is 1. The van der Waals surface area contributed by atoms with Crippen LogP contribution in [-0.4, -0.2) is 28.4 Å². The number of benzene rings is 2. The van der Waals surface area contributed by atoms with E-state index in [-0.39, 0.29) is 27.8 Å². The van der Waals surface area contributed by atoms with E-state index in [0.29, 0.717) is 11.4 Å². The van der Waals surface area contributed by atoms with Gasteiger partial charge in [-0.1, -0.05) is 6.07 Å². The number of hydrogen-bond donors (Lipinski definition) is 3. The summed E-state index contributed by atoms with van der Waals surface area (Å²) in [5.74, 6) is -1.57. The SMILES string of the molecule is CC(=O)Nc1ccc(C)cc1NC(=O)CSc1ccc(C(N)=O)cc1[N+](=O)[O-]. The third kappa shape index (κ3) is 5.55. The van der Waals surface area contributed by atoms with Crippen molar-refractivity contribution in [2.45, 2.75) is 18.7 Å². The summed E-state index contributed by atoms with van der Waals surface area (Å²) in [5.41, 5.74) is 6.62. The summed E-state index contributed by atoms with van der Waals surface area (Å²) in [6.45, 7) is 3.20.